The van der Waals surface area contributed by atoms with Crippen molar-refractivity contribution >= 4 is 17.2 Å². The fraction of sp³-hybridized carbons (Fsp3) is 0.471. The summed E-state index contributed by atoms with van der Waals surface area (Å²) in [6, 6.07) is 3.72. The van der Waals surface area contributed by atoms with Crippen LogP contribution in [0.5, 0.6) is 0 Å². The quantitative estimate of drug-likeness (QED) is 0.933. The first-order chi connectivity index (χ1) is 11.2. The molecule has 1 saturated carbocycles. The summed E-state index contributed by atoms with van der Waals surface area (Å²) in [4.78, 5) is 28.3. The standard InChI is InChI=1S/C17H19N3O2S/c21-16-6-3-12-7-13(19-17(22)14-9-23-10-18-14)4-5-15(12)20(16)8-11-1-2-11/h3,6,9-11,13H,1-2,4-5,7-8H2,(H,19,22). The molecule has 0 spiro atoms. The van der Waals surface area contributed by atoms with E-state index in [9.17, 15) is 9.59 Å². The van der Waals surface area contributed by atoms with Crippen molar-refractivity contribution < 1.29 is 4.79 Å². The molecule has 0 aromatic carbocycles. The first kappa shape index (κ1) is 14.6. The van der Waals surface area contributed by atoms with Crippen LogP contribution >= 0.6 is 11.3 Å². The second kappa shape index (κ2) is 5.92. The molecule has 23 heavy (non-hydrogen) atoms. The van der Waals surface area contributed by atoms with Crippen molar-refractivity contribution in [2.45, 2.75) is 44.7 Å². The average Bonchev–Trinajstić information content (AvgIpc) is 3.19. The molecule has 2 aromatic heterocycles. The van der Waals surface area contributed by atoms with Gasteiger partial charge in [-0.1, -0.05) is 6.07 Å². The van der Waals surface area contributed by atoms with Crippen LogP contribution in [0.1, 0.15) is 41.0 Å². The van der Waals surface area contributed by atoms with Crippen LogP contribution in [0, 0.1) is 5.92 Å². The van der Waals surface area contributed by atoms with E-state index in [4.69, 9.17) is 0 Å². The molecule has 2 heterocycles. The van der Waals surface area contributed by atoms with Gasteiger partial charge in [-0.25, -0.2) is 4.98 Å². The van der Waals surface area contributed by atoms with Crippen molar-refractivity contribution in [1.29, 1.82) is 0 Å². The Morgan fingerprint density at radius 1 is 1.35 bits per heavy atom. The van der Waals surface area contributed by atoms with Gasteiger partial charge in [-0.3, -0.25) is 9.59 Å². The number of hydrogen-bond donors (Lipinski definition) is 1. The van der Waals surface area contributed by atoms with E-state index in [1.54, 1.807) is 17.0 Å². The SMILES string of the molecule is O=C(NC1CCc2c(ccc(=O)n2CC2CC2)C1)c1cscn1. The molecule has 2 aliphatic carbocycles. The van der Waals surface area contributed by atoms with Gasteiger partial charge in [-0.15, -0.1) is 11.3 Å². The maximum Gasteiger partial charge on any atom is 0.270 e. The predicted molar refractivity (Wildman–Crippen MR) is 88.8 cm³/mol. The third kappa shape index (κ3) is 3.08. The molecular formula is C17H19N3O2S. The lowest BCUT2D eigenvalue weighted by Gasteiger charge is -2.27. The zero-order valence-corrected chi connectivity index (χ0v) is 13.6. The van der Waals surface area contributed by atoms with Gasteiger partial charge in [-0.2, -0.15) is 0 Å². The maximum atomic E-state index is 12.2. The molecule has 1 amide bonds. The van der Waals surface area contributed by atoms with E-state index in [1.807, 2.05) is 10.6 Å². The molecule has 2 aliphatic rings. The monoisotopic (exact) mass is 329 g/mol. The van der Waals surface area contributed by atoms with Crippen LogP contribution in [0.4, 0.5) is 0 Å². The summed E-state index contributed by atoms with van der Waals surface area (Å²) >= 11 is 1.42. The Hall–Kier alpha value is -1.95. The Bertz CT molecular complexity index is 778. The van der Waals surface area contributed by atoms with Crippen molar-refractivity contribution in [2.24, 2.45) is 5.92 Å². The topological polar surface area (TPSA) is 64.0 Å². The van der Waals surface area contributed by atoms with Gasteiger partial charge in [0, 0.05) is 29.7 Å². The molecule has 0 saturated heterocycles. The Kier molecular flexibility index (Phi) is 3.77. The highest BCUT2D eigenvalue weighted by atomic mass is 32.1. The number of rotatable bonds is 4. The number of carbonyl (C=O) groups is 1. The number of aromatic nitrogens is 2. The highest BCUT2D eigenvalue weighted by molar-refractivity contribution is 7.07. The summed E-state index contributed by atoms with van der Waals surface area (Å²) in [5.74, 6) is 0.576. The number of amides is 1. The Balaban J connectivity index is 1.51. The van der Waals surface area contributed by atoms with E-state index in [1.165, 1.54) is 35.4 Å². The second-order valence-electron chi connectivity index (χ2n) is 6.48. The summed E-state index contributed by atoms with van der Waals surface area (Å²) in [6.45, 7) is 0.859. The predicted octanol–water partition coefficient (Wildman–Crippen LogP) is 2.00. The van der Waals surface area contributed by atoms with Gasteiger partial charge in [-0.05, 0) is 43.6 Å². The summed E-state index contributed by atoms with van der Waals surface area (Å²) in [5.41, 5.74) is 4.63. The molecule has 0 aliphatic heterocycles. The van der Waals surface area contributed by atoms with Crippen LogP contribution in [-0.2, 0) is 19.4 Å². The molecule has 1 N–H and O–H groups in total. The van der Waals surface area contributed by atoms with E-state index >= 15 is 0 Å². The van der Waals surface area contributed by atoms with E-state index in [0.29, 0.717) is 11.6 Å². The normalized spacial score (nSPS) is 20.1. The molecule has 2 aromatic rings. The second-order valence-corrected chi connectivity index (χ2v) is 7.20. The minimum atomic E-state index is -0.106. The van der Waals surface area contributed by atoms with Crippen LogP contribution in [-0.4, -0.2) is 21.5 Å². The molecule has 4 rings (SSSR count). The Labute approximate surface area is 138 Å². The molecule has 1 fully saturated rings. The first-order valence-corrected chi connectivity index (χ1v) is 9.05. The van der Waals surface area contributed by atoms with Gasteiger partial charge in [0.05, 0.1) is 5.51 Å². The van der Waals surface area contributed by atoms with Crippen LogP contribution in [0.2, 0.25) is 0 Å². The minimum Gasteiger partial charge on any atom is -0.348 e. The van der Waals surface area contributed by atoms with E-state index in [2.05, 4.69) is 10.3 Å². The third-order valence-electron chi connectivity index (χ3n) is 4.72. The summed E-state index contributed by atoms with van der Waals surface area (Å²) in [7, 11) is 0. The molecule has 120 valence electrons. The number of thiazole rings is 1. The van der Waals surface area contributed by atoms with E-state index in [0.717, 1.165) is 25.8 Å². The van der Waals surface area contributed by atoms with Crippen LogP contribution in [0.25, 0.3) is 0 Å². The number of fused-ring (bicyclic) bond motifs is 1. The minimum absolute atomic E-state index is 0.106. The van der Waals surface area contributed by atoms with Crippen molar-refractivity contribution in [3.63, 3.8) is 0 Å². The highest BCUT2D eigenvalue weighted by Gasteiger charge is 2.27. The summed E-state index contributed by atoms with van der Waals surface area (Å²) in [5, 5.41) is 4.83. The van der Waals surface area contributed by atoms with Crippen molar-refractivity contribution in [1.82, 2.24) is 14.9 Å². The van der Waals surface area contributed by atoms with Gasteiger partial charge in [0.1, 0.15) is 5.69 Å². The van der Waals surface area contributed by atoms with Crippen LogP contribution < -0.4 is 10.9 Å². The number of hydrogen-bond acceptors (Lipinski definition) is 4. The summed E-state index contributed by atoms with van der Waals surface area (Å²) in [6.07, 6.45) is 4.98. The van der Waals surface area contributed by atoms with Gasteiger partial charge < -0.3 is 9.88 Å². The average molecular weight is 329 g/mol. The number of nitrogens with one attached hydrogen (secondary N) is 1. The maximum absolute atomic E-state index is 12.2. The highest BCUT2D eigenvalue weighted by Crippen LogP contribution is 2.31. The van der Waals surface area contributed by atoms with Crippen LogP contribution in [0.15, 0.2) is 27.8 Å². The van der Waals surface area contributed by atoms with E-state index in [-0.39, 0.29) is 17.5 Å². The molecule has 5 nitrogen and oxygen atoms in total. The number of carbonyl (C=O) groups excluding carboxylic acids is 1. The Morgan fingerprint density at radius 3 is 2.96 bits per heavy atom. The molecule has 1 atom stereocenters. The molecular weight excluding hydrogens is 310 g/mol. The smallest absolute Gasteiger partial charge is 0.270 e. The number of nitrogens with zero attached hydrogens (tertiary/aromatic N) is 2. The zero-order valence-electron chi connectivity index (χ0n) is 12.8. The third-order valence-corrected chi connectivity index (χ3v) is 5.31. The lowest BCUT2D eigenvalue weighted by atomic mass is 9.91. The molecule has 0 radical (unpaired) electrons. The van der Waals surface area contributed by atoms with Gasteiger partial charge in [0.15, 0.2) is 0 Å². The Morgan fingerprint density at radius 2 is 2.22 bits per heavy atom. The number of pyridine rings is 1. The van der Waals surface area contributed by atoms with Gasteiger partial charge >= 0.3 is 0 Å². The van der Waals surface area contributed by atoms with E-state index < -0.39 is 0 Å². The van der Waals surface area contributed by atoms with Crippen molar-refractivity contribution in [3.8, 4) is 0 Å². The van der Waals surface area contributed by atoms with Crippen LogP contribution in [0.3, 0.4) is 0 Å². The lowest BCUT2D eigenvalue weighted by Crippen LogP contribution is -2.40. The fourth-order valence-corrected chi connectivity index (χ4v) is 3.82. The molecule has 1 unspecified atom stereocenters. The lowest BCUT2D eigenvalue weighted by molar-refractivity contribution is 0.0929. The van der Waals surface area contributed by atoms with Crippen molar-refractivity contribution in [2.75, 3.05) is 0 Å². The van der Waals surface area contributed by atoms with Crippen molar-refractivity contribution in [3.05, 3.63) is 50.3 Å². The first-order valence-electron chi connectivity index (χ1n) is 8.11. The van der Waals surface area contributed by atoms with Gasteiger partial charge in [0.25, 0.3) is 11.5 Å². The van der Waals surface area contributed by atoms with Gasteiger partial charge in [0.2, 0.25) is 0 Å². The molecule has 0 bridgehead atoms. The zero-order chi connectivity index (χ0) is 15.8. The molecule has 6 heteroatoms. The fourth-order valence-electron chi connectivity index (χ4n) is 3.29. The largest absolute Gasteiger partial charge is 0.348 e. The summed E-state index contributed by atoms with van der Waals surface area (Å²) < 4.78 is 1.96.